The van der Waals surface area contributed by atoms with Crippen molar-refractivity contribution >= 4 is 28.1 Å². The van der Waals surface area contributed by atoms with Gasteiger partial charge in [0, 0.05) is 63.8 Å². The second-order valence-corrected chi connectivity index (χ2v) is 9.56. The van der Waals surface area contributed by atoms with E-state index in [9.17, 15) is 10.1 Å². The molecule has 1 aliphatic heterocycles. The van der Waals surface area contributed by atoms with Crippen LogP contribution in [0, 0.1) is 10.1 Å². The summed E-state index contributed by atoms with van der Waals surface area (Å²) >= 11 is 0. The van der Waals surface area contributed by atoms with Crippen LogP contribution in [0.1, 0.15) is 23.6 Å². The molecule has 5 rings (SSSR count). The molecule has 1 saturated heterocycles. The number of benzene rings is 3. The van der Waals surface area contributed by atoms with Gasteiger partial charge in [-0.05, 0) is 29.7 Å². The first-order valence-electron chi connectivity index (χ1n) is 13.1. The lowest BCUT2D eigenvalue weighted by atomic mass is 10.1. The summed E-state index contributed by atoms with van der Waals surface area (Å²) in [6.45, 7) is 9.11. The minimum Gasteiger partial charge on any atom is -0.380 e. The van der Waals surface area contributed by atoms with Gasteiger partial charge in [-0.3, -0.25) is 19.9 Å². The molecule has 0 bridgehead atoms. The molecule has 0 unspecified atom stereocenters. The van der Waals surface area contributed by atoms with E-state index in [-0.39, 0.29) is 10.6 Å². The van der Waals surface area contributed by atoms with E-state index < -0.39 is 0 Å². The lowest BCUT2D eigenvalue weighted by Crippen LogP contribution is -2.45. The zero-order chi connectivity index (χ0) is 26.3. The molecule has 9 heteroatoms. The van der Waals surface area contributed by atoms with Crippen molar-refractivity contribution in [3.8, 4) is 0 Å². The molecule has 1 aromatic heterocycles. The number of aromatic nitrogens is 2. The van der Waals surface area contributed by atoms with Crippen molar-refractivity contribution < 1.29 is 4.92 Å². The number of anilines is 2. The van der Waals surface area contributed by atoms with E-state index in [4.69, 9.17) is 0 Å². The molecule has 38 heavy (non-hydrogen) atoms. The van der Waals surface area contributed by atoms with Crippen LogP contribution >= 0.6 is 0 Å². The highest BCUT2D eigenvalue weighted by Gasteiger charge is 2.19. The summed E-state index contributed by atoms with van der Waals surface area (Å²) in [5.41, 5.74) is 4.96. The molecule has 9 nitrogen and oxygen atoms in total. The summed E-state index contributed by atoms with van der Waals surface area (Å²) < 4.78 is 0. The Labute approximate surface area is 222 Å². The van der Waals surface area contributed by atoms with E-state index in [1.807, 2.05) is 13.0 Å². The Bertz CT molecular complexity index is 1390. The lowest BCUT2D eigenvalue weighted by Gasteiger charge is -2.35. The van der Waals surface area contributed by atoms with Gasteiger partial charge < -0.3 is 10.6 Å². The largest absolute Gasteiger partial charge is 0.380 e. The minimum atomic E-state index is -0.372. The van der Waals surface area contributed by atoms with Crippen LogP contribution in [0.4, 0.5) is 17.2 Å². The van der Waals surface area contributed by atoms with Crippen LogP contribution in [0.5, 0.6) is 0 Å². The summed E-state index contributed by atoms with van der Waals surface area (Å²) in [6, 6.07) is 22.3. The van der Waals surface area contributed by atoms with Gasteiger partial charge in [-0.2, -0.15) is 0 Å². The van der Waals surface area contributed by atoms with Gasteiger partial charge in [-0.25, -0.2) is 9.97 Å². The van der Waals surface area contributed by atoms with Gasteiger partial charge in [0.25, 0.3) is 5.69 Å². The average Bonchev–Trinajstić information content (AvgIpc) is 2.94. The molecule has 0 radical (unpaired) electrons. The first-order chi connectivity index (χ1) is 18.6. The highest BCUT2D eigenvalue weighted by molar-refractivity contribution is 5.94. The van der Waals surface area contributed by atoms with E-state index in [0.717, 1.165) is 39.3 Å². The first kappa shape index (κ1) is 25.6. The van der Waals surface area contributed by atoms with Crippen molar-refractivity contribution in [2.45, 2.75) is 26.6 Å². The third-order valence-corrected chi connectivity index (χ3v) is 6.99. The van der Waals surface area contributed by atoms with Crippen LogP contribution in [-0.2, 0) is 19.6 Å². The van der Waals surface area contributed by atoms with E-state index in [1.54, 1.807) is 12.1 Å². The Balaban J connectivity index is 1.25. The summed E-state index contributed by atoms with van der Waals surface area (Å²) in [7, 11) is 0. The number of nitrogens with one attached hydrogen (secondary N) is 2. The molecular formula is C29H33N7O2. The Kier molecular flexibility index (Phi) is 8.06. The van der Waals surface area contributed by atoms with Crippen molar-refractivity contribution in [1.82, 2.24) is 19.8 Å². The van der Waals surface area contributed by atoms with Crippen molar-refractivity contribution in [3.63, 3.8) is 0 Å². The summed E-state index contributed by atoms with van der Waals surface area (Å²) in [5, 5.41) is 18.8. The number of hydrogen-bond donors (Lipinski definition) is 2. The topological polar surface area (TPSA) is 99.5 Å². The van der Waals surface area contributed by atoms with E-state index in [1.165, 1.54) is 23.0 Å². The molecule has 1 fully saturated rings. The molecular weight excluding hydrogens is 478 g/mol. The smallest absolute Gasteiger partial charge is 0.293 e. The van der Waals surface area contributed by atoms with Gasteiger partial charge in [0.05, 0.1) is 10.4 Å². The maximum atomic E-state index is 11.7. The molecule has 0 saturated carbocycles. The Morgan fingerprint density at radius 2 is 1.55 bits per heavy atom. The Morgan fingerprint density at radius 1 is 0.868 bits per heavy atom. The van der Waals surface area contributed by atoms with Gasteiger partial charge in [-0.15, -0.1) is 0 Å². The van der Waals surface area contributed by atoms with Crippen LogP contribution < -0.4 is 10.6 Å². The zero-order valence-electron chi connectivity index (χ0n) is 21.6. The number of fused-ring (bicyclic) bond motifs is 1. The maximum absolute atomic E-state index is 11.7. The molecule has 196 valence electrons. The van der Waals surface area contributed by atoms with Gasteiger partial charge >= 0.3 is 0 Å². The quantitative estimate of drug-likeness (QED) is 0.229. The predicted octanol–water partition coefficient (Wildman–Crippen LogP) is 4.90. The summed E-state index contributed by atoms with van der Waals surface area (Å²) in [5.74, 6) is 0.588. The zero-order valence-corrected chi connectivity index (χ0v) is 21.6. The molecule has 0 amide bonds. The van der Waals surface area contributed by atoms with E-state index in [2.05, 4.69) is 78.9 Å². The fraction of sp³-hybridized carbons (Fsp3) is 0.310. The lowest BCUT2D eigenvalue weighted by molar-refractivity contribution is -0.383. The van der Waals surface area contributed by atoms with Crippen molar-refractivity contribution in [2.24, 2.45) is 0 Å². The summed E-state index contributed by atoms with van der Waals surface area (Å²) in [6.07, 6.45) is 1.49. The highest BCUT2D eigenvalue weighted by atomic mass is 16.6. The van der Waals surface area contributed by atoms with Gasteiger partial charge in [0.15, 0.2) is 0 Å². The summed E-state index contributed by atoms with van der Waals surface area (Å²) in [4.78, 5) is 25.1. The van der Waals surface area contributed by atoms with Gasteiger partial charge in [-0.1, -0.05) is 54.6 Å². The molecule has 3 aromatic carbocycles. The molecule has 1 aliphatic rings. The van der Waals surface area contributed by atoms with Crippen molar-refractivity contribution in [1.29, 1.82) is 0 Å². The monoisotopic (exact) mass is 511 g/mol. The molecule has 0 spiro atoms. The van der Waals surface area contributed by atoms with Crippen LogP contribution in [0.25, 0.3) is 10.9 Å². The standard InChI is InChI=1S/C29H33N7O2/c1-2-30-27-17-26-25(16-28(27)36(37)38)29(33-21-32-26)31-18-23-10-6-7-11-24(23)20-35-14-12-34(13-15-35)19-22-8-4-3-5-9-22/h3-11,16-17,21,30H,2,12-15,18-20H2,1H3,(H,31,32,33). The number of rotatable bonds is 10. The number of nitro benzene ring substituents is 1. The van der Waals surface area contributed by atoms with Crippen molar-refractivity contribution in [3.05, 3.63) is 99.9 Å². The van der Waals surface area contributed by atoms with Crippen LogP contribution in [0.3, 0.4) is 0 Å². The Morgan fingerprint density at radius 3 is 2.26 bits per heavy atom. The fourth-order valence-electron chi connectivity index (χ4n) is 4.97. The SMILES string of the molecule is CCNc1cc2ncnc(NCc3ccccc3CN3CCN(Cc4ccccc4)CC3)c2cc1[N+](=O)[O-]. The number of piperazine rings is 1. The molecule has 2 heterocycles. The van der Waals surface area contributed by atoms with E-state index >= 15 is 0 Å². The number of hydrogen-bond acceptors (Lipinski definition) is 8. The number of nitro groups is 1. The van der Waals surface area contributed by atoms with Crippen LogP contribution in [-0.4, -0.2) is 57.4 Å². The van der Waals surface area contributed by atoms with E-state index in [0.29, 0.717) is 35.5 Å². The highest BCUT2D eigenvalue weighted by Crippen LogP contribution is 2.32. The second kappa shape index (κ2) is 12.0. The Hall–Kier alpha value is -4.08. The molecule has 2 N–H and O–H groups in total. The van der Waals surface area contributed by atoms with Gasteiger partial charge in [0.1, 0.15) is 17.8 Å². The van der Waals surface area contributed by atoms with Crippen LogP contribution in [0.15, 0.2) is 73.1 Å². The number of nitrogens with zero attached hydrogens (tertiary/aromatic N) is 5. The fourth-order valence-corrected chi connectivity index (χ4v) is 4.97. The van der Waals surface area contributed by atoms with Crippen LogP contribution in [0.2, 0.25) is 0 Å². The van der Waals surface area contributed by atoms with Gasteiger partial charge in [0.2, 0.25) is 0 Å². The molecule has 0 aliphatic carbocycles. The normalized spacial score (nSPS) is 14.4. The third-order valence-electron chi connectivity index (χ3n) is 6.99. The first-order valence-corrected chi connectivity index (χ1v) is 13.1. The maximum Gasteiger partial charge on any atom is 0.293 e. The molecule has 0 atom stereocenters. The average molecular weight is 512 g/mol. The minimum absolute atomic E-state index is 0.0176. The second-order valence-electron chi connectivity index (χ2n) is 9.56. The van der Waals surface area contributed by atoms with Crippen molar-refractivity contribution in [2.75, 3.05) is 43.4 Å². The molecule has 4 aromatic rings. The third kappa shape index (κ3) is 6.07. The predicted molar refractivity (Wildman–Crippen MR) is 151 cm³/mol.